The van der Waals surface area contributed by atoms with Gasteiger partial charge in [0.05, 0.1) is 49.8 Å². The monoisotopic (exact) mass is 1880 g/mol. The number of benzene rings is 26. The number of rotatable bonds is 10. The Morgan fingerprint density at radius 1 is 0.122 bits per heavy atom. The summed E-state index contributed by atoms with van der Waals surface area (Å²) in [5.74, 6) is 3.59. The molecule has 684 valence electrons. The van der Waals surface area contributed by atoms with Gasteiger partial charge in [-0.05, 0) is 261 Å². The first-order valence-electron chi connectivity index (χ1n) is 50.5. The van der Waals surface area contributed by atoms with Crippen LogP contribution in [0.15, 0.2) is 497 Å². The molecule has 32 rings (SSSR count). The molecular formula is C138H82N10. The van der Waals surface area contributed by atoms with Crippen molar-refractivity contribution in [3.63, 3.8) is 0 Å². The lowest BCUT2D eigenvalue weighted by Crippen LogP contribution is -2.07. The lowest BCUT2D eigenvalue weighted by Gasteiger charge is -2.15. The number of hydrogen-bond donors (Lipinski definition) is 0. The minimum atomic E-state index is 0.557. The van der Waals surface area contributed by atoms with Crippen molar-refractivity contribution in [2.75, 3.05) is 0 Å². The van der Waals surface area contributed by atoms with Crippen LogP contribution in [0.1, 0.15) is 0 Å². The summed E-state index contributed by atoms with van der Waals surface area (Å²) in [7, 11) is 0. The summed E-state index contributed by atoms with van der Waals surface area (Å²) >= 11 is 0. The normalized spacial score (nSPS) is 12.1. The van der Waals surface area contributed by atoms with E-state index in [0.29, 0.717) is 35.2 Å². The zero-order chi connectivity index (χ0) is 96.9. The van der Waals surface area contributed by atoms with Crippen LogP contribution in [0, 0.1) is 0 Å². The number of para-hydroxylation sites is 5. The third-order valence-corrected chi connectivity index (χ3v) is 31.0. The quantitative estimate of drug-likeness (QED) is 0.127. The Bertz CT molecular complexity index is 11000. The molecule has 0 fully saturated rings. The maximum Gasteiger partial charge on any atom is 0.238 e. The van der Waals surface area contributed by atoms with Crippen molar-refractivity contribution < 1.29 is 0 Å². The molecule has 26 aromatic carbocycles. The molecule has 10 heteroatoms. The molecule has 0 unspecified atom stereocenters. The van der Waals surface area contributed by atoms with Gasteiger partial charge in [0, 0.05) is 76.4 Å². The van der Waals surface area contributed by atoms with E-state index in [9.17, 15) is 0 Å². The molecule has 0 spiro atoms. The largest absolute Gasteiger partial charge is 0.309 e. The van der Waals surface area contributed by atoms with Crippen molar-refractivity contribution in [1.82, 2.24) is 48.2 Å². The smallest absolute Gasteiger partial charge is 0.238 e. The highest BCUT2D eigenvalue weighted by molar-refractivity contribution is 6.29. The number of hydrogen-bond acceptors (Lipinski definition) is 6. The first-order chi connectivity index (χ1) is 73.4. The van der Waals surface area contributed by atoms with Gasteiger partial charge in [-0.25, -0.2) is 9.97 Å². The molecule has 148 heavy (non-hydrogen) atoms. The highest BCUT2D eigenvalue weighted by Crippen LogP contribution is 2.48. The molecule has 0 atom stereocenters. The van der Waals surface area contributed by atoms with E-state index < -0.39 is 0 Å². The molecule has 32 aromatic rings. The minimum Gasteiger partial charge on any atom is -0.309 e. The van der Waals surface area contributed by atoms with Crippen LogP contribution in [-0.4, -0.2) is 48.2 Å². The number of nitrogens with zero attached hydrogens (tertiary/aromatic N) is 10. The molecule has 0 saturated carbocycles. The molecule has 0 aliphatic rings. The van der Waals surface area contributed by atoms with Gasteiger partial charge in [0.15, 0.2) is 23.3 Å². The average molecular weight is 1880 g/mol. The van der Waals surface area contributed by atoms with Gasteiger partial charge < -0.3 is 9.13 Å². The van der Waals surface area contributed by atoms with Gasteiger partial charge in [0.1, 0.15) is 0 Å². The summed E-state index contributed by atoms with van der Waals surface area (Å²) < 4.78 is 9.29. The lowest BCUT2D eigenvalue weighted by atomic mass is 9.93. The molecule has 0 bridgehead atoms. The average Bonchev–Trinajstić information content (AvgIpc) is 1.54. The van der Waals surface area contributed by atoms with Gasteiger partial charge in [0.2, 0.25) is 11.9 Å². The van der Waals surface area contributed by atoms with E-state index in [1.165, 1.54) is 135 Å². The van der Waals surface area contributed by atoms with Crippen molar-refractivity contribution in [2.45, 2.75) is 0 Å². The van der Waals surface area contributed by atoms with Crippen molar-refractivity contribution in [1.29, 1.82) is 0 Å². The molecule has 0 aliphatic heterocycles. The predicted octanol–water partition coefficient (Wildman–Crippen LogP) is 36.0. The zero-order valence-corrected chi connectivity index (χ0v) is 79.8. The Morgan fingerprint density at radius 2 is 0.351 bits per heavy atom. The topological polar surface area (TPSA) is 97.1 Å². The standard InChI is InChI=1S/C77H45N5.C61H37N5/c1-2-18-51-48(17-1)45-74(63-28-12-11-19-52(51)63)81-70-31-15-13-29-64(70)68-41-46(35-39-72(68)81)47-36-40-73-69(42-47)65-30-14-16-32-71(65)82(73)77-79-75(49-33-37-61-57-24-5-3-20-53(57)55-22-7-9-26-59(55)66(61)43-49)78-76(80-77)50-34-38-62-58-25-6-4-21-54(58)56-23-8-10-27-60(56)67(62)44-50;1-2-18-42(19-3-1)65-55-28-14-12-26-49(55)51-34-38(30-32-57(51)65)39-31-33-58-52(35-39)50-27-13-15-29-56(50)66(58)61-63-59(53-36-40-16-4-6-20-43(40)45-22-8-10-24-47(45)53)62-60(64-61)54-37-41-17-5-7-21-44(41)46-23-9-11-25-48(46)54/h1-45H;1-37H. The fourth-order valence-corrected chi connectivity index (χ4v) is 24.4. The fourth-order valence-electron chi connectivity index (χ4n) is 24.4. The predicted molar refractivity (Wildman–Crippen MR) is 620 cm³/mol. The highest BCUT2D eigenvalue weighted by Gasteiger charge is 2.28. The second kappa shape index (κ2) is 32.8. The van der Waals surface area contributed by atoms with Crippen molar-refractivity contribution in [2.24, 2.45) is 0 Å². The summed E-state index contributed by atoms with van der Waals surface area (Å²) in [5.41, 5.74) is 19.5. The molecule has 0 aliphatic carbocycles. The van der Waals surface area contributed by atoms with E-state index in [4.69, 9.17) is 29.9 Å². The summed E-state index contributed by atoms with van der Waals surface area (Å²) in [5, 5.41) is 38.0. The summed E-state index contributed by atoms with van der Waals surface area (Å²) in [6.45, 7) is 0. The molecular weight excluding hydrogens is 1800 g/mol. The van der Waals surface area contributed by atoms with Gasteiger partial charge in [-0.1, -0.05) is 382 Å². The Labute approximate surface area is 847 Å². The number of aromatic nitrogens is 10. The molecule has 0 N–H and O–H groups in total. The summed E-state index contributed by atoms with van der Waals surface area (Å²) in [4.78, 5) is 32.9. The van der Waals surface area contributed by atoms with Crippen LogP contribution in [0.2, 0.25) is 0 Å². The van der Waals surface area contributed by atoms with Crippen LogP contribution in [0.3, 0.4) is 0 Å². The van der Waals surface area contributed by atoms with E-state index in [0.717, 1.165) is 137 Å². The second-order valence-electron chi connectivity index (χ2n) is 39.0. The summed E-state index contributed by atoms with van der Waals surface area (Å²) in [6.07, 6.45) is 0. The Kier molecular flexibility index (Phi) is 18.3. The molecule has 6 heterocycles. The number of fused-ring (bicyclic) bond motifs is 33. The molecule has 0 saturated heterocycles. The molecule has 10 nitrogen and oxygen atoms in total. The van der Waals surface area contributed by atoms with Crippen LogP contribution in [0.4, 0.5) is 0 Å². The lowest BCUT2D eigenvalue weighted by molar-refractivity contribution is 0.954. The van der Waals surface area contributed by atoms with Crippen LogP contribution in [-0.2, 0) is 0 Å². The Balaban J connectivity index is 0.000000137. The SMILES string of the molecule is c1ccc(-n2c3ccccc3c3cc(-c4ccc5c(c4)c4ccccc4n5-c4nc(-c5cc6ccccc6c6ccccc56)nc(-c5cc6ccccc6c6ccccc56)n4)ccc32)cc1.c1ccc2c(c1)cc(-n1c3ccccc3c3cc(-c4ccc5c(c4)c4ccccc4n5-c4nc(-c5ccc6c7ccccc7c7ccccc7c6c5)nc(-c5ccc6c7ccccc7c7ccccc7c6c5)n4)ccc31)c1ccccc12. The van der Waals surface area contributed by atoms with Gasteiger partial charge in [0.25, 0.3) is 0 Å². The molecule has 0 radical (unpaired) electrons. The Hall–Kier alpha value is -19.9. The maximum absolute atomic E-state index is 5.52. The van der Waals surface area contributed by atoms with Crippen molar-refractivity contribution >= 4 is 216 Å². The van der Waals surface area contributed by atoms with Crippen LogP contribution >= 0.6 is 0 Å². The second-order valence-corrected chi connectivity index (χ2v) is 39.0. The minimum absolute atomic E-state index is 0.557. The molecule has 6 aromatic heterocycles. The van der Waals surface area contributed by atoms with Crippen LogP contribution < -0.4 is 0 Å². The van der Waals surface area contributed by atoms with Crippen molar-refractivity contribution in [3.8, 4) is 91.1 Å². The third-order valence-electron chi connectivity index (χ3n) is 31.0. The Morgan fingerprint density at radius 3 is 0.723 bits per heavy atom. The summed E-state index contributed by atoms with van der Waals surface area (Å²) in [6, 6.07) is 180. The van der Waals surface area contributed by atoms with Gasteiger partial charge >= 0.3 is 0 Å². The van der Waals surface area contributed by atoms with Gasteiger partial charge in [-0.15, -0.1) is 0 Å². The first-order valence-corrected chi connectivity index (χ1v) is 50.5. The molecule has 0 amide bonds. The highest BCUT2D eigenvalue weighted by atomic mass is 15.2. The van der Waals surface area contributed by atoms with Crippen LogP contribution in [0.5, 0.6) is 0 Å². The van der Waals surface area contributed by atoms with Crippen LogP contribution in [0.25, 0.3) is 308 Å². The van der Waals surface area contributed by atoms with E-state index in [1.807, 2.05) is 0 Å². The van der Waals surface area contributed by atoms with Crippen molar-refractivity contribution in [3.05, 3.63) is 497 Å². The van der Waals surface area contributed by atoms with E-state index >= 15 is 0 Å². The van der Waals surface area contributed by atoms with Gasteiger partial charge in [-0.3, -0.25) is 9.13 Å². The van der Waals surface area contributed by atoms with Gasteiger partial charge in [-0.2, -0.15) is 19.9 Å². The maximum atomic E-state index is 5.52. The zero-order valence-electron chi connectivity index (χ0n) is 79.8. The van der Waals surface area contributed by atoms with E-state index in [-0.39, 0.29) is 0 Å². The van der Waals surface area contributed by atoms with E-state index in [1.54, 1.807) is 0 Å². The third kappa shape index (κ3) is 12.8. The first kappa shape index (κ1) is 82.8. The van der Waals surface area contributed by atoms with E-state index in [2.05, 4.69) is 516 Å². The fraction of sp³-hybridized carbons (Fsp3) is 0.